The molecular weight excluding hydrogens is 280 g/mol. The Bertz CT molecular complexity index is 873. The van der Waals surface area contributed by atoms with E-state index in [0.29, 0.717) is 5.57 Å². The number of rotatable bonds is 2. The Hall–Kier alpha value is -2.45. The lowest BCUT2D eigenvalue weighted by Gasteiger charge is -1.99. The van der Waals surface area contributed by atoms with Gasteiger partial charge in [-0.15, -0.1) is 11.3 Å². The molecule has 0 bridgehead atoms. The van der Waals surface area contributed by atoms with E-state index in [1.54, 1.807) is 17.5 Å². The van der Waals surface area contributed by atoms with Crippen LogP contribution in [0.3, 0.4) is 0 Å². The summed E-state index contributed by atoms with van der Waals surface area (Å²) < 4.78 is 1.99. The van der Waals surface area contributed by atoms with Crippen molar-refractivity contribution in [3.63, 3.8) is 0 Å². The van der Waals surface area contributed by atoms with Crippen molar-refractivity contribution in [1.82, 2.24) is 14.4 Å². The van der Waals surface area contributed by atoms with Gasteiger partial charge in [0.1, 0.15) is 16.7 Å². The Morgan fingerprint density at radius 2 is 2.14 bits per heavy atom. The van der Waals surface area contributed by atoms with E-state index in [0.717, 1.165) is 32.5 Å². The minimum Gasteiger partial charge on any atom is -0.300 e. The number of aromatic nitrogens is 3. The van der Waals surface area contributed by atoms with Crippen molar-refractivity contribution in [2.45, 2.75) is 20.8 Å². The first-order chi connectivity index (χ1) is 10.1. The van der Waals surface area contributed by atoms with Gasteiger partial charge in [0.15, 0.2) is 0 Å². The molecule has 3 heterocycles. The zero-order chi connectivity index (χ0) is 15.0. The van der Waals surface area contributed by atoms with Crippen LogP contribution in [0.2, 0.25) is 0 Å². The number of nitrogens with zero attached hydrogens (tertiary/aromatic N) is 4. The average Bonchev–Trinajstić information content (AvgIpc) is 3.00. The van der Waals surface area contributed by atoms with Gasteiger partial charge in [-0.2, -0.15) is 5.26 Å². The number of aryl methyl sites for hydroxylation is 3. The standard InChI is InChI=1S/C16H14N4S/c1-10-4-5-15-18-8-14(20(15)9-10)6-13(7-17)16-19-11(2)12(3)21-16/h4-6,8-9H,1-3H3/b13-6+. The molecule has 0 aliphatic carbocycles. The Morgan fingerprint density at radius 1 is 1.33 bits per heavy atom. The highest BCUT2D eigenvalue weighted by molar-refractivity contribution is 7.12. The quantitative estimate of drug-likeness (QED) is 0.676. The summed E-state index contributed by atoms with van der Waals surface area (Å²) in [7, 11) is 0. The molecule has 0 radical (unpaired) electrons. The maximum absolute atomic E-state index is 9.42. The van der Waals surface area contributed by atoms with Gasteiger partial charge in [0.05, 0.1) is 23.2 Å². The summed E-state index contributed by atoms with van der Waals surface area (Å²) in [4.78, 5) is 9.95. The fourth-order valence-electron chi connectivity index (χ4n) is 2.09. The lowest BCUT2D eigenvalue weighted by atomic mass is 10.2. The maximum atomic E-state index is 9.42. The Balaban J connectivity index is 2.13. The van der Waals surface area contributed by atoms with E-state index in [-0.39, 0.29) is 0 Å². The Labute approximate surface area is 127 Å². The third-order valence-corrected chi connectivity index (χ3v) is 4.46. The average molecular weight is 294 g/mol. The number of hydrogen-bond donors (Lipinski definition) is 0. The van der Waals surface area contributed by atoms with Crippen LogP contribution in [0.5, 0.6) is 0 Å². The topological polar surface area (TPSA) is 54.0 Å². The third kappa shape index (κ3) is 2.46. The van der Waals surface area contributed by atoms with Crippen LogP contribution in [-0.4, -0.2) is 14.4 Å². The van der Waals surface area contributed by atoms with Crippen molar-refractivity contribution in [2.75, 3.05) is 0 Å². The zero-order valence-electron chi connectivity index (χ0n) is 12.1. The summed E-state index contributed by atoms with van der Waals surface area (Å²) >= 11 is 1.55. The second kappa shape index (κ2) is 5.15. The highest BCUT2D eigenvalue weighted by Gasteiger charge is 2.10. The molecule has 3 aromatic rings. The molecule has 0 N–H and O–H groups in total. The maximum Gasteiger partial charge on any atom is 0.137 e. The molecule has 21 heavy (non-hydrogen) atoms. The van der Waals surface area contributed by atoms with Crippen molar-refractivity contribution in [3.05, 3.63) is 51.4 Å². The van der Waals surface area contributed by atoms with Gasteiger partial charge in [0.25, 0.3) is 0 Å². The summed E-state index contributed by atoms with van der Waals surface area (Å²) in [5, 5.41) is 10.2. The van der Waals surface area contributed by atoms with Crippen LogP contribution in [0.25, 0.3) is 17.3 Å². The highest BCUT2D eigenvalue weighted by Crippen LogP contribution is 2.25. The van der Waals surface area contributed by atoms with E-state index < -0.39 is 0 Å². The van der Waals surface area contributed by atoms with Crippen LogP contribution in [0, 0.1) is 32.1 Å². The molecule has 4 nitrogen and oxygen atoms in total. The second-order valence-electron chi connectivity index (χ2n) is 4.95. The van der Waals surface area contributed by atoms with Crippen molar-refractivity contribution in [1.29, 1.82) is 5.26 Å². The number of imidazole rings is 1. The van der Waals surface area contributed by atoms with E-state index in [4.69, 9.17) is 0 Å². The number of nitriles is 1. The molecule has 0 unspecified atom stereocenters. The van der Waals surface area contributed by atoms with Crippen LogP contribution in [0.1, 0.15) is 26.8 Å². The van der Waals surface area contributed by atoms with E-state index in [9.17, 15) is 5.26 Å². The van der Waals surface area contributed by atoms with E-state index in [2.05, 4.69) is 16.0 Å². The highest BCUT2D eigenvalue weighted by atomic mass is 32.1. The van der Waals surface area contributed by atoms with Crippen LogP contribution in [0.15, 0.2) is 24.5 Å². The number of allylic oxidation sites excluding steroid dienone is 1. The molecule has 0 fully saturated rings. The van der Waals surface area contributed by atoms with E-state index >= 15 is 0 Å². The molecule has 3 rings (SSSR count). The molecule has 5 heteroatoms. The predicted molar refractivity (Wildman–Crippen MR) is 85.0 cm³/mol. The molecule has 0 aliphatic rings. The SMILES string of the molecule is Cc1ccc2ncc(/C=C(\C#N)c3nc(C)c(C)s3)n2c1. The van der Waals surface area contributed by atoms with Gasteiger partial charge in [0, 0.05) is 11.1 Å². The van der Waals surface area contributed by atoms with Crippen molar-refractivity contribution >= 4 is 28.6 Å². The first kappa shape index (κ1) is 13.5. The van der Waals surface area contributed by atoms with Gasteiger partial charge < -0.3 is 0 Å². The van der Waals surface area contributed by atoms with Crippen LogP contribution in [0.4, 0.5) is 0 Å². The molecule has 0 saturated heterocycles. The second-order valence-corrected chi connectivity index (χ2v) is 6.15. The van der Waals surface area contributed by atoms with Crippen LogP contribution in [-0.2, 0) is 0 Å². The third-order valence-electron chi connectivity index (χ3n) is 3.35. The monoisotopic (exact) mass is 294 g/mol. The Morgan fingerprint density at radius 3 is 2.81 bits per heavy atom. The fourth-order valence-corrected chi connectivity index (χ4v) is 2.97. The minimum atomic E-state index is 0.569. The predicted octanol–water partition coefficient (Wildman–Crippen LogP) is 3.78. The largest absolute Gasteiger partial charge is 0.300 e. The molecule has 0 saturated carbocycles. The molecular formula is C16H14N4S. The smallest absolute Gasteiger partial charge is 0.137 e. The van der Waals surface area contributed by atoms with Crippen LogP contribution >= 0.6 is 11.3 Å². The first-order valence-electron chi connectivity index (χ1n) is 6.58. The van der Waals surface area contributed by atoms with Crippen molar-refractivity contribution < 1.29 is 0 Å². The lowest BCUT2D eigenvalue weighted by molar-refractivity contribution is 1.14. The zero-order valence-corrected chi connectivity index (χ0v) is 12.9. The molecule has 3 aromatic heterocycles. The van der Waals surface area contributed by atoms with Gasteiger partial charge in [-0.25, -0.2) is 9.97 Å². The number of hydrogen-bond acceptors (Lipinski definition) is 4. The first-order valence-corrected chi connectivity index (χ1v) is 7.40. The van der Waals surface area contributed by atoms with Crippen LogP contribution < -0.4 is 0 Å². The fraction of sp³-hybridized carbons (Fsp3) is 0.188. The summed E-state index contributed by atoms with van der Waals surface area (Å²) in [6.07, 6.45) is 5.64. The molecule has 0 amide bonds. The summed E-state index contributed by atoms with van der Waals surface area (Å²) in [5.74, 6) is 0. The molecule has 0 aliphatic heterocycles. The number of fused-ring (bicyclic) bond motifs is 1. The molecule has 104 valence electrons. The number of pyridine rings is 1. The summed E-state index contributed by atoms with van der Waals surface area (Å²) in [6, 6.07) is 6.24. The minimum absolute atomic E-state index is 0.569. The summed E-state index contributed by atoms with van der Waals surface area (Å²) in [6.45, 7) is 6.01. The van der Waals surface area contributed by atoms with Gasteiger partial charge in [-0.3, -0.25) is 4.40 Å². The molecule has 0 spiro atoms. The normalized spacial score (nSPS) is 11.8. The van der Waals surface area contributed by atoms with Gasteiger partial charge >= 0.3 is 0 Å². The lowest BCUT2D eigenvalue weighted by Crippen LogP contribution is -1.89. The van der Waals surface area contributed by atoms with Crippen molar-refractivity contribution in [2.24, 2.45) is 0 Å². The Kier molecular flexibility index (Phi) is 3.32. The van der Waals surface area contributed by atoms with E-state index in [1.165, 1.54) is 0 Å². The summed E-state index contributed by atoms with van der Waals surface area (Å²) in [5.41, 5.74) is 4.45. The molecule has 0 aromatic carbocycles. The van der Waals surface area contributed by atoms with E-state index in [1.807, 2.05) is 49.6 Å². The number of thiazole rings is 1. The van der Waals surface area contributed by atoms with Gasteiger partial charge in [-0.05, 0) is 38.5 Å². The van der Waals surface area contributed by atoms with Crippen molar-refractivity contribution in [3.8, 4) is 6.07 Å². The van der Waals surface area contributed by atoms with Gasteiger partial charge in [0.2, 0.25) is 0 Å². The van der Waals surface area contributed by atoms with Gasteiger partial charge in [-0.1, -0.05) is 6.07 Å². The molecule has 0 atom stereocenters.